The quantitative estimate of drug-likeness (QED) is 0.265. The van der Waals surface area contributed by atoms with Crippen molar-refractivity contribution < 1.29 is 4.39 Å². The van der Waals surface area contributed by atoms with E-state index in [1.54, 1.807) is 12.1 Å². The topological polar surface area (TPSA) is 32.9 Å². The maximum Gasteiger partial charge on any atom is 0.249 e. The van der Waals surface area contributed by atoms with E-state index in [4.69, 9.17) is 11.6 Å². The smallest absolute Gasteiger partial charge is 0.249 e. The third-order valence-corrected chi connectivity index (χ3v) is 6.12. The fourth-order valence-corrected chi connectivity index (χ4v) is 4.42. The molecule has 0 fully saturated rings. The highest BCUT2D eigenvalue weighted by atomic mass is 35.5. The molecule has 34 heavy (non-hydrogen) atoms. The highest BCUT2D eigenvalue weighted by Gasteiger charge is 2.17. The van der Waals surface area contributed by atoms with Gasteiger partial charge in [-0.2, -0.15) is 0 Å². The molecule has 4 heteroatoms. The first-order valence-corrected chi connectivity index (χ1v) is 11.4. The molecule has 1 aromatic heterocycles. The van der Waals surface area contributed by atoms with Crippen LogP contribution in [-0.4, -0.2) is 4.98 Å². The molecule has 5 rings (SSSR count). The van der Waals surface area contributed by atoms with E-state index in [-0.39, 0.29) is 17.3 Å². The Morgan fingerprint density at radius 3 is 2.24 bits per heavy atom. The zero-order valence-corrected chi connectivity index (χ0v) is 19.0. The molecule has 0 aliphatic carbocycles. The number of benzene rings is 4. The van der Waals surface area contributed by atoms with E-state index in [9.17, 15) is 9.18 Å². The fourth-order valence-electron chi connectivity index (χ4n) is 4.29. The molecule has 0 aliphatic heterocycles. The lowest BCUT2D eigenvalue weighted by Gasteiger charge is -2.20. The predicted octanol–water partition coefficient (Wildman–Crippen LogP) is 7.67. The minimum absolute atomic E-state index is 0.00477. The van der Waals surface area contributed by atoms with E-state index in [0.29, 0.717) is 5.02 Å². The van der Waals surface area contributed by atoms with Crippen molar-refractivity contribution in [3.8, 4) is 0 Å². The molecular formula is C30H21ClFNO. The number of halogens is 2. The molecular weight excluding hydrogens is 445 g/mol. The number of H-pyrrole nitrogens is 1. The van der Waals surface area contributed by atoms with Crippen LogP contribution >= 0.6 is 11.6 Å². The molecule has 0 saturated heterocycles. The molecule has 0 bridgehead atoms. The summed E-state index contributed by atoms with van der Waals surface area (Å²) in [6.07, 6.45) is 3.67. The van der Waals surface area contributed by atoms with Crippen LogP contribution in [0.3, 0.4) is 0 Å². The van der Waals surface area contributed by atoms with Crippen LogP contribution in [-0.2, 0) is 0 Å². The van der Waals surface area contributed by atoms with Gasteiger partial charge in [0.05, 0.1) is 0 Å². The van der Waals surface area contributed by atoms with Gasteiger partial charge in [-0.05, 0) is 64.2 Å². The molecule has 0 aliphatic rings. The SMILES string of the molecule is O=c1cc(C=Cc2cccc(F)c2)c2cc(C(c3ccccc3)c3ccc(Cl)cc3)ccc2[nH]1. The van der Waals surface area contributed by atoms with Crippen molar-refractivity contribution in [3.05, 3.63) is 152 Å². The van der Waals surface area contributed by atoms with Crippen molar-refractivity contribution in [1.29, 1.82) is 0 Å². The number of rotatable bonds is 5. The molecule has 4 aromatic carbocycles. The highest BCUT2D eigenvalue weighted by molar-refractivity contribution is 6.30. The number of hydrogen-bond acceptors (Lipinski definition) is 1. The molecule has 5 aromatic rings. The molecule has 1 unspecified atom stereocenters. The predicted molar refractivity (Wildman–Crippen MR) is 139 cm³/mol. The molecule has 0 saturated carbocycles. The maximum absolute atomic E-state index is 13.6. The minimum atomic E-state index is -0.297. The van der Waals surface area contributed by atoms with Gasteiger partial charge in [0.15, 0.2) is 0 Å². The van der Waals surface area contributed by atoms with E-state index in [1.807, 2.05) is 72.8 Å². The van der Waals surface area contributed by atoms with Crippen molar-refractivity contribution in [2.75, 3.05) is 0 Å². The summed E-state index contributed by atoms with van der Waals surface area (Å²) in [5.41, 5.74) is 5.44. The zero-order valence-electron chi connectivity index (χ0n) is 18.2. The van der Waals surface area contributed by atoms with E-state index in [0.717, 1.165) is 38.7 Å². The standard InChI is InChI=1S/C30H21ClFNO/c31-25-14-11-22(12-15-25)30(21-6-2-1-3-7-21)24-13-16-28-27(18-24)23(19-29(34)33-28)10-9-20-5-4-8-26(32)17-20/h1-19,30H,(H,33,34). The van der Waals surface area contributed by atoms with Crippen LogP contribution in [0.2, 0.25) is 5.02 Å². The lowest BCUT2D eigenvalue weighted by Crippen LogP contribution is -2.07. The summed E-state index contributed by atoms with van der Waals surface area (Å²) >= 11 is 6.15. The normalized spacial score (nSPS) is 12.3. The van der Waals surface area contributed by atoms with E-state index < -0.39 is 0 Å². The molecule has 1 heterocycles. The Bertz CT molecular complexity index is 1540. The summed E-state index contributed by atoms with van der Waals surface area (Å²) in [5, 5.41) is 1.61. The maximum atomic E-state index is 13.6. The minimum Gasteiger partial charge on any atom is -0.322 e. The number of hydrogen-bond donors (Lipinski definition) is 1. The summed E-state index contributed by atoms with van der Waals surface area (Å²) in [6.45, 7) is 0. The van der Waals surface area contributed by atoms with Gasteiger partial charge in [0.25, 0.3) is 0 Å². The summed E-state index contributed by atoms with van der Waals surface area (Å²) in [6, 6.07) is 32.2. The van der Waals surface area contributed by atoms with Gasteiger partial charge in [-0.15, -0.1) is 0 Å². The Kier molecular flexibility index (Phi) is 6.11. The number of aromatic amines is 1. The molecule has 1 N–H and O–H groups in total. The average molecular weight is 466 g/mol. The lowest BCUT2D eigenvalue weighted by atomic mass is 9.84. The number of aromatic nitrogens is 1. The van der Waals surface area contributed by atoms with E-state index >= 15 is 0 Å². The van der Waals surface area contributed by atoms with Crippen LogP contribution in [0.4, 0.5) is 4.39 Å². The number of pyridine rings is 1. The van der Waals surface area contributed by atoms with E-state index in [2.05, 4.69) is 23.2 Å². The first-order chi connectivity index (χ1) is 16.6. The van der Waals surface area contributed by atoms with Crippen LogP contribution in [0.15, 0.2) is 108 Å². The van der Waals surface area contributed by atoms with Gasteiger partial charge < -0.3 is 4.98 Å². The monoisotopic (exact) mass is 465 g/mol. The Morgan fingerprint density at radius 2 is 1.47 bits per heavy atom. The van der Waals surface area contributed by atoms with Gasteiger partial charge in [-0.3, -0.25) is 4.79 Å². The summed E-state index contributed by atoms with van der Waals surface area (Å²) < 4.78 is 13.6. The molecule has 0 amide bonds. The summed E-state index contributed by atoms with van der Waals surface area (Å²) in [4.78, 5) is 15.2. The van der Waals surface area contributed by atoms with Gasteiger partial charge in [-0.25, -0.2) is 4.39 Å². The van der Waals surface area contributed by atoms with E-state index in [1.165, 1.54) is 12.1 Å². The van der Waals surface area contributed by atoms with Crippen LogP contribution in [0.1, 0.15) is 33.7 Å². The Hall–Kier alpha value is -3.95. The van der Waals surface area contributed by atoms with Gasteiger partial charge in [0.2, 0.25) is 5.56 Å². The lowest BCUT2D eigenvalue weighted by molar-refractivity contribution is 0.627. The van der Waals surface area contributed by atoms with Crippen molar-refractivity contribution in [2.24, 2.45) is 0 Å². The van der Waals surface area contributed by atoms with Gasteiger partial charge in [0, 0.05) is 27.9 Å². The molecule has 0 spiro atoms. The molecule has 166 valence electrons. The van der Waals surface area contributed by atoms with Gasteiger partial charge >= 0.3 is 0 Å². The number of nitrogens with one attached hydrogen (secondary N) is 1. The second kappa shape index (κ2) is 9.50. The second-order valence-electron chi connectivity index (χ2n) is 8.18. The second-order valence-corrected chi connectivity index (χ2v) is 8.61. The van der Waals surface area contributed by atoms with Crippen molar-refractivity contribution in [1.82, 2.24) is 4.98 Å². The van der Waals surface area contributed by atoms with Crippen LogP contribution in [0, 0.1) is 5.82 Å². The van der Waals surface area contributed by atoms with Gasteiger partial charge in [0.1, 0.15) is 5.82 Å². The first-order valence-electron chi connectivity index (χ1n) is 11.0. The van der Waals surface area contributed by atoms with Crippen LogP contribution in [0.5, 0.6) is 0 Å². The Balaban J connectivity index is 1.65. The first kappa shape index (κ1) is 21.9. The number of fused-ring (bicyclic) bond motifs is 1. The molecule has 2 nitrogen and oxygen atoms in total. The Labute approximate surface area is 202 Å². The van der Waals surface area contributed by atoms with Crippen LogP contribution < -0.4 is 5.56 Å². The highest BCUT2D eigenvalue weighted by Crippen LogP contribution is 2.34. The summed E-state index contributed by atoms with van der Waals surface area (Å²) in [7, 11) is 0. The van der Waals surface area contributed by atoms with Gasteiger partial charge in [-0.1, -0.05) is 84.4 Å². The fraction of sp³-hybridized carbons (Fsp3) is 0.0333. The van der Waals surface area contributed by atoms with Crippen molar-refractivity contribution in [2.45, 2.75) is 5.92 Å². The molecule has 1 atom stereocenters. The van der Waals surface area contributed by atoms with Crippen molar-refractivity contribution >= 4 is 34.7 Å². The average Bonchev–Trinajstić information content (AvgIpc) is 2.85. The van der Waals surface area contributed by atoms with Crippen molar-refractivity contribution in [3.63, 3.8) is 0 Å². The third kappa shape index (κ3) is 4.70. The summed E-state index contributed by atoms with van der Waals surface area (Å²) in [5.74, 6) is -0.302. The largest absolute Gasteiger partial charge is 0.322 e. The van der Waals surface area contributed by atoms with Crippen LogP contribution in [0.25, 0.3) is 23.1 Å². The Morgan fingerprint density at radius 1 is 0.735 bits per heavy atom. The molecule has 0 radical (unpaired) electrons. The zero-order chi connectivity index (χ0) is 23.5. The third-order valence-electron chi connectivity index (χ3n) is 5.87.